The predicted octanol–water partition coefficient (Wildman–Crippen LogP) is 0.381. The molecule has 1 N–H and O–H groups in total. The lowest BCUT2D eigenvalue weighted by atomic mass is 10.1. The minimum atomic E-state index is -0.604. The number of nitrogens with one attached hydrogen (secondary N) is 1. The van der Waals surface area contributed by atoms with E-state index in [0.29, 0.717) is 31.9 Å². The molecule has 0 spiro atoms. The molecule has 25 heavy (non-hydrogen) atoms. The molecule has 0 amide bonds. The first kappa shape index (κ1) is 16.6. The molecule has 0 radical (unpaired) electrons. The van der Waals surface area contributed by atoms with Crippen molar-refractivity contribution in [2.75, 3.05) is 25.1 Å². The van der Waals surface area contributed by atoms with Gasteiger partial charge in [0.15, 0.2) is 17.1 Å². The third-order valence-corrected chi connectivity index (χ3v) is 4.09. The highest BCUT2D eigenvalue weighted by Gasteiger charge is 2.15. The summed E-state index contributed by atoms with van der Waals surface area (Å²) in [5, 5.41) is 12.3. The van der Waals surface area contributed by atoms with Crippen LogP contribution in [0.5, 0.6) is 11.5 Å². The van der Waals surface area contributed by atoms with Crippen LogP contribution in [0.4, 0.5) is 5.82 Å². The summed E-state index contributed by atoms with van der Waals surface area (Å²) in [6, 6.07) is 7.57. The maximum absolute atomic E-state index is 12.0. The minimum Gasteiger partial charge on any atom is -0.486 e. The van der Waals surface area contributed by atoms with Crippen molar-refractivity contribution in [2.24, 2.45) is 14.1 Å². The Morgan fingerprint density at radius 3 is 2.60 bits per heavy atom. The van der Waals surface area contributed by atoms with Gasteiger partial charge in [0.1, 0.15) is 25.1 Å². The van der Waals surface area contributed by atoms with Gasteiger partial charge in [-0.15, -0.1) is 0 Å². The summed E-state index contributed by atoms with van der Waals surface area (Å²) in [7, 11) is 2.87. The van der Waals surface area contributed by atoms with Gasteiger partial charge < -0.3 is 14.8 Å². The van der Waals surface area contributed by atoms with Gasteiger partial charge in [-0.3, -0.25) is 13.9 Å². The molecule has 1 aromatic heterocycles. The second kappa shape index (κ2) is 6.73. The number of ether oxygens (including phenoxy) is 2. The van der Waals surface area contributed by atoms with Crippen LogP contribution in [0.25, 0.3) is 0 Å². The monoisotopic (exact) mass is 342 g/mol. The first-order valence-corrected chi connectivity index (χ1v) is 7.85. The fourth-order valence-electron chi connectivity index (χ4n) is 2.72. The molecule has 8 heteroatoms. The molecular formula is C17H18N4O4. The minimum absolute atomic E-state index is 0.0771. The van der Waals surface area contributed by atoms with Crippen molar-refractivity contribution in [3.63, 3.8) is 0 Å². The molecular weight excluding hydrogens is 324 g/mol. The van der Waals surface area contributed by atoms with E-state index in [1.165, 1.54) is 18.7 Å². The first-order valence-electron chi connectivity index (χ1n) is 7.85. The van der Waals surface area contributed by atoms with Gasteiger partial charge in [-0.05, 0) is 24.1 Å². The Hall–Kier alpha value is -3.21. The Morgan fingerprint density at radius 1 is 1.16 bits per heavy atom. The molecule has 0 saturated heterocycles. The molecule has 0 saturated carbocycles. The SMILES string of the molecule is Cn1c(NCCc2ccc3c(c2)OCCO3)c(C#N)c(=O)n(C)c1=O. The second-order valence-corrected chi connectivity index (χ2v) is 5.70. The van der Waals surface area contributed by atoms with Crippen LogP contribution in [0.15, 0.2) is 27.8 Å². The normalized spacial score (nSPS) is 12.5. The summed E-state index contributed by atoms with van der Waals surface area (Å²) in [5.74, 6) is 1.67. The lowest BCUT2D eigenvalue weighted by Gasteiger charge is -2.19. The van der Waals surface area contributed by atoms with Crippen molar-refractivity contribution in [1.82, 2.24) is 9.13 Å². The number of hydrogen-bond acceptors (Lipinski definition) is 6. The molecule has 0 fully saturated rings. The molecule has 0 aliphatic carbocycles. The summed E-state index contributed by atoms with van der Waals surface area (Å²) in [6.45, 7) is 1.52. The highest BCUT2D eigenvalue weighted by atomic mass is 16.6. The molecule has 130 valence electrons. The van der Waals surface area contributed by atoms with E-state index in [4.69, 9.17) is 9.47 Å². The maximum atomic E-state index is 12.0. The number of rotatable bonds is 4. The molecule has 0 atom stereocenters. The molecule has 8 nitrogen and oxygen atoms in total. The van der Waals surface area contributed by atoms with Crippen LogP contribution in [0, 0.1) is 11.3 Å². The Labute approximate surface area is 143 Å². The van der Waals surface area contributed by atoms with E-state index in [1.54, 1.807) is 0 Å². The van der Waals surface area contributed by atoms with Gasteiger partial charge in [-0.25, -0.2) is 4.79 Å². The van der Waals surface area contributed by atoms with Crippen molar-refractivity contribution >= 4 is 5.82 Å². The van der Waals surface area contributed by atoms with Gasteiger partial charge in [0.25, 0.3) is 5.56 Å². The van der Waals surface area contributed by atoms with Crippen LogP contribution in [0.3, 0.4) is 0 Å². The molecule has 1 aromatic carbocycles. The van der Waals surface area contributed by atoms with Gasteiger partial charge in [-0.1, -0.05) is 6.07 Å². The summed E-state index contributed by atoms with van der Waals surface area (Å²) >= 11 is 0. The van der Waals surface area contributed by atoms with E-state index < -0.39 is 11.2 Å². The summed E-state index contributed by atoms with van der Waals surface area (Å²) in [5.41, 5.74) is -0.144. The van der Waals surface area contributed by atoms with Crippen molar-refractivity contribution in [3.8, 4) is 17.6 Å². The largest absolute Gasteiger partial charge is 0.486 e. The first-order chi connectivity index (χ1) is 12.0. The average Bonchev–Trinajstić information content (AvgIpc) is 2.64. The summed E-state index contributed by atoms with van der Waals surface area (Å²) in [6.07, 6.45) is 0.630. The van der Waals surface area contributed by atoms with Crippen LogP contribution in [0.1, 0.15) is 11.1 Å². The highest BCUT2D eigenvalue weighted by Crippen LogP contribution is 2.30. The Balaban J connectivity index is 1.78. The summed E-state index contributed by atoms with van der Waals surface area (Å²) in [4.78, 5) is 24.1. The number of aromatic nitrogens is 2. The fraction of sp³-hybridized carbons (Fsp3) is 0.353. The smallest absolute Gasteiger partial charge is 0.332 e. The van der Waals surface area contributed by atoms with Gasteiger partial charge in [0.2, 0.25) is 0 Å². The van der Waals surface area contributed by atoms with Gasteiger partial charge in [-0.2, -0.15) is 5.26 Å². The molecule has 0 unspecified atom stereocenters. The lowest BCUT2D eigenvalue weighted by Crippen LogP contribution is -2.40. The molecule has 2 heterocycles. The van der Waals surface area contributed by atoms with Crippen molar-refractivity contribution in [3.05, 3.63) is 50.2 Å². The predicted molar refractivity (Wildman–Crippen MR) is 91.3 cm³/mol. The number of hydrogen-bond donors (Lipinski definition) is 1. The van der Waals surface area contributed by atoms with Crippen LogP contribution < -0.4 is 26.0 Å². The number of fused-ring (bicyclic) bond motifs is 1. The van der Waals surface area contributed by atoms with Gasteiger partial charge in [0.05, 0.1) is 0 Å². The van der Waals surface area contributed by atoms with Crippen LogP contribution in [0.2, 0.25) is 0 Å². The van der Waals surface area contributed by atoms with Crippen molar-refractivity contribution in [2.45, 2.75) is 6.42 Å². The fourth-order valence-corrected chi connectivity index (χ4v) is 2.72. The number of benzene rings is 1. The quantitative estimate of drug-likeness (QED) is 0.863. The molecule has 2 aromatic rings. The van der Waals surface area contributed by atoms with E-state index in [2.05, 4.69) is 5.32 Å². The zero-order valence-electron chi connectivity index (χ0n) is 14.0. The maximum Gasteiger partial charge on any atom is 0.332 e. The van der Waals surface area contributed by atoms with Gasteiger partial charge >= 0.3 is 5.69 Å². The van der Waals surface area contributed by atoms with E-state index >= 15 is 0 Å². The standard InChI is InChI=1S/C17H18N4O4/c1-20-15(12(10-18)16(22)21(2)17(20)23)19-6-5-11-3-4-13-14(9-11)25-8-7-24-13/h3-4,9,19H,5-8H2,1-2H3. The molecule has 1 aliphatic rings. The average molecular weight is 342 g/mol. The van der Waals surface area contributed by atoms with Crippen LogP contribution in [-0.2, 0) is 20.5 Å². The lowest BCUT2D eigenvalue weighted by molar-refractivity contribution is 0.171. The molecule has 1 aliphatic heterocycles. The number of nitrogens with zero attached hydrogens (tertiary/aromatic N) is 3. The zero-order valence-corrected chi connectivity index (χ0v) is 14.0. The van der Waals surface area contributed by atoms with E-state index in [0.717, 1.165) is 15.9 Å². The van der Waals surface area contributed by atoms with E-state index in [-0.39, 0.29) is 11.4 Å². The Bertz CT molecular complexity index is 968. The third kappa shape index (κ3) is 3.08. The van der Waals surface area contributed by atoms with Gasteiger partial charge in [0, 0.05) is 20.6 Å². The van der Waals surface area contributed by atoms with E-state index in [1.807, 2.05) is 24.3 Å². The van der Waals surface area contributed by atoms with Crippen LogP contribution >= 0.6 is 0 Å². The molecule has 0 bridgehead atoms. The van der Waals surface area contributed by atoms with Crippen molar-refractivity contribution < 1.29 is 9.47 Å². The summed E-state index contributed by atoms with van der Waals surface area (Å²) < 4.78 is 13.2. The topological polar surface area (TPSA) is 98.3 Å². The third-order valence-electron chi connectivity index (χ3n) is 4.09. The second-order valence-electron chi connectivity index (χ2n) is 5.70. The zero-order chi connectivity index (χ0) is 18.0. The number of anilines is 1. The highest BCUT2D eigenvalue weighted by molar-refractivity contribution is 5.51. The number of nitriles is 1. The van der Waals surface area contributed by atoms with Crippen LogP contribution in [-0.4, -0.2) is 28.9 Å². The Kier molecular flexibility index (Phi) is 4.48. The van der Waals surface area contributed by atoms with Crippen molar-refractivity contribution in [1.29, 1.82) is 5.26 Å². The molecule has 3 rings (SSSR count). The Morgan fingerprint density at radius 2 is 1.88 bits per heavy atom. The van der Waals surface area contributed by atoms with E-state index in [9.17, 15) is 14.9 Å².